The zero-order chi connectivity index (χ0) is 31.0. The summed E-state index contributed by atoms with van der Waals surface area (Å²) in [5, 5.41) is 14.4. The lowest BCUT2D eigenvalue weighted by atomic mass is 10.0. The molecule has 43 heavy (non-hydrogen) atoms. The summed E-state index contributed by atoms with van der Waals surface area (Å²) in [6.07, 6.45) is 4.11. The fraction of sp³-hybridized carbons (Fsp3) is 0.393. The molecule has 15 heteroatoms. The molecule has 4 aromatic rings. The molecule has 0 aliphatic heterocycles. The molecule has 3 aromatic heterocycles. The average Bonchev–Trinajstić information content (AvgIpc) is 3.65. The van der Waals surface area contributed by atoms with Gasteiger partial charge in [0.15, 0.2) is 11.5 Å². The molecule has 0 saturated heterocycles. The molecule has 0 radical (unpaired) electrons. The molecular weight excluding hydrogens is 565 g/mol. The quantitative estimate of drug-likeness (QED) is 0.119. The highest BCUT2D eigenvalue weighted by Crippen LogP contribution is 2.36. The van der Waals surface area contributed by atoms with Gasteiger partial charge in [0.05, 0.1) is 29.7 Å². The Kier molecular flexibility index (Phi) is 10.3. The fourth-order valence-corrected chi connectivity index (χ4v) is 4.59. The molecule has 0 bridgehead atoms. The van der Waals surface area contributed by atoms with Gasteiger partial charge < -0.3 is 27.4 Å². The summed E-state index contributed by atoms with van der Waals surface area (Å²) >= 11 is 0. The Bertz CT molecular complexity index is 1550. The number of hydrogen-bond donors (Lipinski definition) is 6. The van der Waals surface area contributed by atoms with Crippen molar-refractivity contribution in [2.45, 2.75) is 51.2 Å². The zero-order valence-corrected chi connectivity index (χ0v) is 23.7. The minimum atomic E-state index is -4.61. The summed E-state index contributed by atoms with van der Waals surface area (Å²) in [5.41, 5.74) is 12.7. The Hall–Kier alpha value is -4.50. The highest BCUT2D eigenvalue weighted by atomic mass is 19.4. The smallest absolute Gasteiger partial charge is 0.355 e. The minimum absolute atomic E-state index is 0.134. The molecule has 2 amide bonds. The molecule has 0 aliphatic carbocycles. The normalized spacial score (nSPS) is 12.3. The van der Waals surface area contributed by atoms with E-state index >= 15 is 0 Å². The monoisotopic (exact) mass is 600 g/mol. The Morgan fingerprint density at radius 2 is 1.88 bits per heavy atom. The predicted molar refractivity (Wildman–Crippen MR) is 156 cm³/mol. The van der Waals surface area contributed by atoms with Gasteiger partial charge in [-0.25, -0.2) is 9.97 Å². The standard InChI is InChI=1S/C28H35F3N10O2/c1-2-17-14-18(7-8-19(17)26(42)35-10-5-11-36-27(43)21(33)6-3-4-9-32)39-24-25-37-16-22(41(25)13-12-34-24)20-15-38-40-23(20)28(29,30)31/h7-8,12-16,21H,2-6,9-11,32-33H2,1H3,(H,34,39)(H,35,42)(H,36,43)(H,38,40)/t21-/m0/s1. The van der Waals surface area contributed by atoms with Crippen LogP contribution in [0, 0.1) is 0 Å². The first-order chi connectivity index (χ1) is 20.6. The minimum Gasteiger partial charge on any atom is -0.355 e. The topological polar surface area (TPSA) is 181 Å². The second-order valence-corrected chi connectivity index (χ2v) is 9.91. The third kappa shape index (κ3) is 7.67. The van der Waals surface area contributed by atoms with Crippen LogP contribution in [0.5, 0.6) is 0 Å². The van der Waals surface area contributed by atoms with Crippen molar-refractivity contribution in [3.63, 3.8) is 0 Å². The van der Waals surface area contributed by atoms with E-state index in [1.54, 1.807) is 12.1 Å². The molecule has 0 saturated carbocycles. The number of halogens is 3. The summed E-state index contributed by atoms with van der Waals surface area (Å²) in [6, 6.07) is 4.65. The molecule has 12 nitrogen and oxygen atoms in total. The third-order valence-corrected chi connectivity index (χ3v) is 6.86. The zero-order valence-electron chi connectivity index (χ0n) is 23.7. The van der Waals surface area contributed by atoms with Crippen molar-refractivity contribution in [1.29, 1.82) is 0 Å². The summed E-state index contributed by atoms with van der Waals surface area (Å²) in [5.74, 6) is -0.137. The van der Waals surface area contributed by atoms with Crippen molar-refractivity contribution >= 4 is 29.0 Å². The number of amides is 2. The molecule has 230 valence electrons. The van der Waals surface area contributed by atoms with E-state index < -0.39 is 17.9 Å². The van der Waals surface area contributed by atoms with E-state index in [2.05, 4.69) is 31.0 Å². The molecule has 0 spiro atoms. The van der Waals surface area contributed by atoms with E-state index in [1.807, 2.05) is 18.1 Å². The number of anilines is 2. The number of H-pyrrole nitrogens is 1. The molecule has 0 fully saturated rings. The van der Waals surface area contributed by atoms with Gasteiger partial charge in [-0.3, -0.25) is 19.1 Å². The molecule has 0 unspecified atom stereocenters. The van der Waals surface area contributed by atoms with Gasteiger partial charge in [-0.05, 0) is 56.0 Å². The van der Waals surface area contributed by atoms with Crippen LogP contribution in [0.1, 0.15) is 54.2 Å². The first kappa shape index (κ1) is 31.4. The lowest BCUT2D eigenvalue weighted by Crippen LogP contribution is -2.41. The number of nitrogens with zero attached hydrogens (tertiary/aromatic N) is 4. The van der Waals surface area contributed by atoms with Crippen molar-refractivity contribution < 1.29 is 22.8 Å². The number of aromatic amines is 1. The number of nitrogens with two attached hydrogens (primary N) is 2. The van der Waals surface area contributed by atoms with Gasteiger partial charge in [0.25, 0.3) is 5.91 Å². The predicted octanol–water partition coefficient (Wildman–Crippen LogP) is 3.14. The van der Waals surface area contributed by atoms with E-state index in [1.165, 1.54) is 23.0 Å². The number of aromatic nitrogens is 5. The van der Waals surface area contributed by atoms with Gasteiger partial charge in [-0.2, -0.15) is 18.3 Å². The number of carbonyl (C=O) groups excluding carboxylic acids is 2. The van der Waals surface area contributed by atoms with E-state index in [9.17, 15) is 22.8 Å². The van der Waals surface area contributed by atoms with Crippen molar-refractivity contribution in [1.82, 2.24) is 35.2 Å². The van der Waals surface area contributed by atoms with Crippen LogP contribution in [-0.2, 0) is 17.4 Å². The van der Waals surface area contributed by atoms with Gasteiger partial charge in [-0.1, -0.05) is 13.3 Å². The van der Waals surface area contributed by atoms with Crippen molar-refractivity contribution in [3.05, 3.63) is 59.8 Å². The molecule has 0 aliphatic rings. The Labute approximate surface area is 245 Å². The number of aryl methyl sites for hydroxylation is 1. The van der Waals surface area contributed by atoms with E-state index in [0.717, 1.165) is 24.6 Å². The van der Waals surface area contributed by atoms with Crippen LogP contribution in [0.3, 0.4) is 0 Å². The summed E-state index contributed by atoms with van der Waals surface area (Å²) in [6.45, 7) is 3.24. The number of hydrogen-bond acceptors (Lipinski definition) is 8. The van der Waals surface area contributed by atoms with Crippen LogP contribution in [0.4, 0.5) is 24.7 Å². The maximum atomic E-state index is 13.4. The second-order valence-electron chi connectivity index (χ2n) is 9.91. The molecule has 1 atom stereocenters. The van der Waals surface area contributed by atoms with Gasteiger partial charge in [0, 0.05) is 36.7 Å². The number of nitrogens with one attached hydrogen (secondary N) is 4. The van der Waals surface area contributed by atoms with Crippen LogP contribution in [0.25, 0.3) is 16.9 Å². The summed E-state index contributed by atoms with van der Waals surface area (Å²) in [4.78, 5) is 33.5. The van der Waals surface area contributed by atoms with Crippen molar-refractivity contribution in [3.8, 4) is 11.3 Å². The first-order valence-electron chi connectivity index (χ1n) is 14.0. The molecular formula is C28H35F3N10O2. The number of rotatable bonds is 14. The van der Waals surface area contributed by atoms with Crippen LogP contribution in [0.15, 0.2) is 43.0 Å². The summed E-state index contributed by atoms with van der Waals surface area (Å²) < 4.78 is 41.8. The van der Waals surface area contributed by atoms with Crippen molar-refractivity contribution in [2.75, 3.05) is 25.0 Å². The van der Waals surface area contributed by atoms with Crippen LogP contribution >= 0.6 is 0 Å². The number of carbonyl (C=O) groups is 2. The Morgan fingerprint density at radius 1 is 1.09 bits per heavy atom. The van der Waals surface area contributed by atoms with Gasteiger partial charge in [0.2, 0.25) is 5.91 Å². The van der Waals surface area contributed by atoms with E-state index in [-0.39, 0.29) is 23.1 Å². The van der Waals surface area contributed by atoms with Crippen LogP contribution in [-0.4, -0.2) is 62.1 Å². The Balaban J connectivity index is 1.38. The summed E-state index contributed by atoms with van der Waals surface area (Å²) in [7, 11) is 0. The average molecular weight is 601 g/mol. The molecule has 8 N–H and O–H groups in total. The highest BCUT2D eigenvalue weighted by Gasteiger charge is 2.36. The van der Waals surface area contributed by atoms with E-state index in [4.69, 9.17) is 11.5 Å². The number of benzene rings is 1. The maximum absolute atomic E-state index is 13.4. The first-order valence-corrected chi connectivity index (χ1v) is 14.0. The largest absolute Gasteiger partial charge is 0.433 e. The molecule has 3 heterocycles. The number of alkyl halides is 3. The third-order valence-electron chi connectivity index (χ3n) is 6.86. The number of fused-ring (bicyclic) bond motifs is 1. The fourth-order valence-electron chi connectivity index (χ4n) is 4.59. The Morgan fingerprint density at radius 3 is 2.63 bits per heavy atom. The number of unbranched alkanes of at least 4 members (excludes halogenated alkanes) is 1. The second kappa shape index (κ2) is 14.1. The lowest BCUT2D eigenvalue weighted by molar-refractivity contribution is -0.140. The highest BCUT2D eigenvalue weighted by molar-refractivity contribution is 5.96. The maximum Gasteiger partial charge on any atom is 0.433 e. The van der Waals surface area contributed by atoms with E-state index in [0.29, 0.717) is 61.6 Å². The van der Waals surface area contributed by atoms with Crippen molar-refractivity contribution in [2.24, 2.45) is 11.5 Å². The SMILES string of the molecule is CCc1cc(Nc2nccn3c(-c4cn[nH]c4C(F)(F)F)cnc23)ccc1C(=O)NCCCNC(=O)[C@@H](N)CCCCN. The van der Waals surface area contributed by atoms with Gasteiger partial charge in [-0.15, -0.1) is 0 Å². The molecule has 4 rings (SSSR count). The van der Waals surface area contributed by atoms with Crippen LogP contribution in [0.2, 0.25) is 0 Å². The van der Waals surface area contributed by atoms with Gasteiger partial charge >= 0.3 is 6.18 Å². The van der Waals surface area contributed by atoms with Gasteiger partial charge in [0.1, 0.15) is 5.69 Å². The van der Waals surface area contributed by atoms with Crippen LogP contribution < -0.4 is 27.4 Å². The molecule has 1 aromatic carbocycles. The number of imidazole rings is 1. The lowest BCUT2D eigenvalue weighted by Gasteiger charge is -2.14.